The van der Waals surface area contributed by atoms with Gasteiger partial charge in [0.25, 0.3) is 5.91 Å². The van der Waals surface area contributed by atoms with Crippen LogP contribution >= 0.6 is 0 Å². The van der Waals surface area contributed by atoms with Crippen LogP contribution in [0.5, 0.6) is 0 Å². The number of hydrogen-bond donors (Lipinski definition) is 0. The van der Waals surface area contributed by atoms with Crippen LogP contribution < -0.4 is 0 Å². The largest absolute Gasteiger partial charge is 0.464 e. The summed E-state index contributed by atoms with van der Waals surface area (Å²) in [6, 6.07) is 12.1. The number of aromatic nitrogens is 1. The minimum Gasteiger partial charge on any atom is -0.464 e. The van der Waals surface area contributed by atoms with E-state index in [4.69, 9.17) is 4.74 Å². The van der Waals surface area contributed by atoms with Crippen molar-refractivity contribution in [3.8, 4) is 0 Å². The second-order valence-electron chi connectivity index (χ2n) is 5.83. The van der Waals surface area contributed by atoms with Gasteiger partial charge in [0.1, 0.15) is 0 Å². The summed E-state index contributed by atoms with van der Waals surface area (Å²) in [5, 5.41) is 0. The number of hydrogen-bond acceptors (Lipinski definition) is 4. The molecule has 0 aliphatic carbocycles. The van der Waals surface area contributed by atoms with Crippen molar-refractivity contribution in [3.63, 3.8) is 0 Å². The fourth-order valence-electron chi connectivity index (χ4n) is 3.17. The van der Waals surface area contributed by atoms with Gasteiger partial charge >= 0.3 is 5.97 Å². The van der Waals surface area contributed by atoms with Crippen LogP contribution in [0, 0.1) is 0 Å². The van der Waals surface area contributed by atoms with Gasteiger partial charge in [0.15, 0.2) is 6.04 Å². The zero-order chi connectivity index (χ0) is 17.1. The summed E-state index contributed by atoms with van der Waals surface area (Å²) >= 11 is 0. The molecule has 0 radical (unpaired) electrons. The lowest BCUT2D eigenvalue weighted by atomic mass is 10.0. The van der Waals surface area contributed by atoms with Crippen molar-refractivity contribution in [2.45, 2.75) is 32.4 Å². The normalized spacial score (nSPS) is 17.5. The molecule has 0 N–H and O–H groups in total. The number of nitrogens with zero attached hydrogens (tertiary/aromatic N) is 2. The van der Waals surface area contributed by atoms with E-state index in [1.165, 1.54) is 0 Å². The smallest absolute Gasteiger partial charge is 0.333 e. The van der Waals surface area contributed by atoms with Crippen molar-refractivity contribution in [3.05, 3.63) is 65.5 Å². The molecule has 0 fully saturated rings. The number of benzene rings is 1. The molecular formula is C19H20N2O3. The lowest BCUT2D eigenvalue weighted by Gasteiger charge is -2.29. The number of esters is 1. The van der Waals surface area contributed by atoms with Gasteiger partial charge in [-0.25, -0.2) is 4.79 Å². The highest BCUT2D eigenvalue weighted by molar-refractivity contribution is 6.04. The molecule has 1 aromatic carbocycles. The molecular weight excluding hydrogens is 304 g/mol. The molecule has 2 atom stereocenters. The van der Waals surface area contributed by atoms with Gasteiger partial charge in [-0.15, -0.1) is 0 Å². The third-order valence-corrected chi connectivity index (χ3v) is 4.21. The molecule has 1 aromatic heterocycles. The molecule has 2 heterocycles. The number of carbonyl (C=O) groups is 2. The van der Waals surface area contributed by atoms with E-state index >= 15 is 0 Å². The van der Waals surface area contributed by atoms with Gasteiger partial charge in [0, 0.05) is 29.9 Å². The average molecular weight is 324 g/mol. The van der Waals surface area contributed by atoms with Gasteiger partial charge in [-0.1, -0.05) is 24.3 Å². The molecule has 0 unspecified atom stereocenters. The molecule has 2 aromatic rings. The van der Waals surface area contributed by atoms with Crippen LogP contribution in [0.15, 0.2) is 48.7 Å². The van der Waals surface area contributed by atoms with E-state index in [9.17, 15) is 9.59 Å². The van der Waals surface area contributed by atoms with Crippen LogP contribution in [-0.2, 0) is 16.0 Å². The minimum atomic E-state index is -0.688. The summed E-state index contributed by atoms with van der Waals surface area (Å²) in [6.07, 6.45) is 2.31. The quantitative estimate of drug-likeness (QED) is 0.794. The second kappa shape index (κ2) is 6.83. The number of rotatable bonds is 5. The summed E-state index contributed by atoms with van der Waals surface area (Å²) < 4.78 is 5.21. The highest BCUT2D eigenvalue weighted by atomic mass is 16.5. The van der Waals surface area contributed by atoms with Crippen molar-refractivity contribution < 1.29 is 14.3 Å². The van der Waals surface area contributed by atoms with Gasteiger partial charge in [-0.05, 0) is 37.6 Å². The first-order valence-corrected chi connectivity index (χ1v) is 8.11. The Morgan fingerprint density at radius 3 is 2.71 bits per heavy atom. The zero-order valence-corrected chi connectivity index (χ0v) is 13.8. The highest BCUT2D eigenvalue weighted by Gasteiger charge is 2.44. The molecule has 0 spiro atoms. The first kappa shape index (κ1) is 16.2. The fraction of sp³-hybridized carbons (Fsp3) is 0.316. The summed E-state index contributed by atoms with van der Waals surface area (Å²) in [5.41, 5.74) is 2.17. The summed E-state index contributed by atoms with van der Waals surface area (Å²) in [4.78, 5) is 31.3. The van der Waals surface area contributed by atoms with Crippen molar-refractivity contribution in [1.29, 1.82) is 0 Å². The fourth-order valence-corrected chi connectivity index (χ4v) is 3.17. The predicted octanol–water partition coefficient (Wildman–Crippen LogP) is 2.77. The van der Waals surface area contributed by atoms with Gasteiger partial charge in [0.05, 0.1) is 6.61 Å². The maximum absolute atomic E-state index is 12.8. The van der Waals surface area contributed by atoms with Crippen molar-refractivity contribution in [1.82, 2.24) is 9.88 Å². The van der Waals surface area contributed by atoms with Gasteiger partial charge in [-0.3, -0.25) is 9.78 Å². The molecule has 0 bridgehead atoms. The number of pyridine rings is 1. The first-order valence-electron chi connectivity index (χ1n) is 8.11. The molecule has 1 aliphatic heterocycles. The van der Waals surface area contributed by atoms with E-state index in [1.807, 2.05) is 43.3 Å². The van der Waals surface area contributed by atoms with Crippen LogP contribution in [-0.4, -0.2) is 34.4 Å². The summed E-state index contributed by atoms with van der Waals surface area (Å²) in [6.45, 7) is 3.99. The average Bonchev–Trinajstić information content (AvgIpc) is 2.89. The van der Waals surface area contributed by atoms with Crippen LogP contribution in [0.2, 0.25) is 0 Å². The molecule has 0 saturated heterocycles. The lowest BCUT2D eigenvalue weighted by Crippen LogP contribution is -2.41. The number of carbonyl (C=O) groups excluding carboxylic acids is 2. The van der Waals surface area contributed by atoms with Crippen LogP contribution in [0.25, 0.3) is 0 Å². The van der Waals surface area contributed by atoms with Crippen LogP contribution in [0.3, 0.4) is 0 Å². The topological polar surface area (TPSA) is 59.5 Å². The Morgan fingerprint density at radius 1 is 1.25 bits per heavy atom. The Kier molecular flexibility index (Phi) is 4.60. The van der Waals surface area contributed by atoms with E-state index in [1.54, 1.807) is 24.1 Å². The number of fused-ring (bicyclic) bond motifs is 1. The lowest BCUT2D eigenvalue weighted by molar-refractivity contribution is -0.149. The number of amides is 1. The van der Waals surface area contributed by atoms with Crippen molar-refractivity contribution in [2.75, 3.05) is 6.61 Å². The zero-order valence-electron chi connectivity index (χ0n) is 13.8. The van der Waals surface area contributed by atoms with E-state index in [2.05, 4.69) is 4.98 Å². The van der Waals surface area contributed by atoms with Gasteiger partial charge in [0.2, 0.25) is 0 Å². The molecule has 5 heteroatoms. The van der Waals surface area contributed by atoms with Crippen LogP contribution in [0.1, 0.15) is 41.5 Å². The summed E-state index contributed by atoms with van der Waals surface area (Å²) in [5.74, 6) is -0.518. The molecule has 1 amide bonds. The Hall–Kier alpha value is -2.69. The first-order chi connectivity index (χ1) is 11.6. The Balaban J connectivity index is 1.92. The predicted molar refractivity (Wildman–Crippen MR) is 89.4 cm³/mol. The molecule has 0 saturated carbocycles. The number of ether oxygens (including phenoxy) is 1. The SMILES string of the molecule is CCOC(=O)[C@H]1c2ccccc2C(=O)N1[C@@H](C)Cc1ccccn1. The minimum absolute atomic E-state index is 0.132. The standard InChI is InChI=1S/C19H20N2O3/c1-3-24-19(23)17-15-9-4-5-10-16(15)18(22)21(17)13(2)12-14-8-6-7-11-20-14/h4-11,13,17H,3,12H2,1-2H3/t13-,17+/m0/s1. The Bertz CT molecular complexity index is 745. The van der Waals surface area contributed by atoms with Crippen LogP contribution in [0.4, 0.5) is 0 Å². The van der Waals surface area contributed by atoms with E-state index < -0.39 is 6.04 Å². The van der Waals surface area contributed by atoms with E-state index in [0.717, 1.165) is 5.69 Å². The van der Waals surface area contributed by atoms with Gasteiger partial charge in [-0.2, -0.15) is 0 Å². The van der Waals surface area contributed by atoms with Crippen molar-refractivity contribution in [2.24, 2.45) is 0 Å². The molecule has 5 nitrogen and oxygen atoms in total. The monoisotopic (exact) mass is 324 g/mol. The maximum atomic E-state index is 12.8. The third kappa shape index (κ3) is 2.89. The summed E-state index contributed by atoms with van der Waals surface area (Å²) in [7, 11) is 0. The maximum Gasteiger partial charge on any atom is 0.333 e. The highest BCUT2D eigenvalue weighted by Crippen LogP contribution is 2.36. The van der Waals surface area contributed by atoms with E-state index in [-0.39, 0.29) is 24.5 Å². The van der Waals surface area contributed by atoms with E-state index in [0.29, 0.717) is 17.5 Å². The molecule has 24 heavy (non-hydrogen) atoms. The molecule has 124 valence electrons. The molecule has 3 rings (SSSR count). The van der Waals surface area contributed by atoms with Gasteiger partial charge < -0.3 is 9.64 Å². The molecule has 1 aliphatic rings. The van der Waals surface area contributed by atoms with Crippen molar-refractivity contribution >= 4 is 11.9 Å². The third-order valence-electron chi connectivity index (χ3n) is 4.21. The second-order valence-corrected chi connectivity index (χ2v) is 5.83. The Morgan fingerprint density at radius 2 is 2.00 bits per heavy atom. The Labute approximate surface area is 141 Å².